The highest BCUT2D eigenvalue weighted by Crippen LogP contribution is 2.20. The fraction of sp³-hybridized carbons (Fsp3) is 0.400. The molecule has 0 bridgehead atoms. The Morgan fingerprint density at radius 2 is 1.85 bits per heavy atom. The highest BCUT2D eigenvalue weighted by molar-refractivity contribution is 5.76. The number of hydrogen-bond donors (Lipinski definition) is 1. The summed E-state index contributed by atoms with van der Waals surface area (Å²) >= 11 is 0. The molecular formula is C25H30FN5O2. The molecule has 174 valence electrons. The molecule has 1 fully saturated rings. The third-order valence-electron chi connectivity index (χ3n) is 5.88. The van der Waals surface area contributed by atoms with E-state index in [0.717, 1.165) is 44.7 Å². The van der Waals surface area contributed by atoms with Crippen LogP contribution in [0.5, 0.6) is 0 Å². The zero-order valence-electron chi connectivity index (χ0n) is 19.0. The quantitative estimate of drug-likeness (QED) is 0.503. The molecule has 0 atom stereocenters. The van der Waals surface area contributed by atoms with Crippen molar-refractivity contribution in [3.05, 3.63) is 65.8 Å². The van der Waals surface area contributed by atoms with Gasteiger partial charge in [-0.15, -0.1) is 0 Å². The Morgan fingerprint density at radius 3 is 2.61 bits per heavy atom. The van der Waals surface area contributed by atoms with Gasteiger partial charge in [-0.1, -0.05) is 47.1 Å². The van der Waals surface area contributed by atoms with Crippen LogP contribution in [0.1, 0.15) is 24.3 Å². The summed E-state index contributed by atoms with van der Waals surface area (Å²) in [5, 5.41) is 6.97. The molecule has 0 spiro atoms. The molecule has 33 heavy (non-hydrogen) atoms. The van der Waals surface area contributed by atoms with Crippen LogP contribution in [0, 0.1) is 12.7 Å². The maximum Gasteiger partial charge on any atom is 0.227 e. The minimum Gasteiger partial charge on any atom is -0.367 e. The minimum absolute atomic E-state index is 0.0190. The molecule has 0 radical (unpaired) electrons. The van der Waals surface area contributed by atoms with Gasteiger partial charge in [0, 0.05) is 51.1 Å². The first-order valence-corrected chi connectivity index (χ1v) is 11.5. The van der Waals surface area contributed by atoms with E-state index in [1.165, 1.54) is 11.6 Å². The summed E-state index contributed by atoms with van der Waals surface area (Å²) in [6.45, 7) is 6.97. The van der Waals surface area contributed by atoms with E-state index in [-0.39, 0.29) is 11.7 Å². The fourth-order valence-electron chi connectivity index (χ4n) is 3.94. The molecule has 4 rings (SSSR count). The molecule has 1 aliphatic rings. The third kappa shape index (κ3) is 6.38. The number of carbonyl (C=O) groups excluding carboxylic acids is 1. The lowest BCUT2D eigenvalue weighted by Crippen LogP contribution is -2.47. The van der Waals surface area contributed by atoms with E-state index in [0.29, 0.717) is 36.8 Å². The van der Waals surface area contributed by atoms with E-state index in [9.17, 15) is 9.18 Å². The van der Waals surface area contributed by atoms with Gasteiger partial charge < -0.3 is 14.7 Å². The van der Waals surface area contributed by atoms with Crippen molar-refractivity contribution in [1.29, 1.82) is 0 Å². The second kappa shape index (κ2) is 11.0. The average molecular weight is 452 g/mol. The predicted octanol–water partition coefficient (Wildman–Crippen LogP) is 3.45. The lowest BCUT2D eigenvalue weighted by atomic mass is 10.1. The number of piperazine rings is 1. The van der Waals surface area contributed by atoms with Crippen LogP contribution >= 0.6 is 0 Å². The van der Waals surface area contributed by atoms with Gasteiger partial charge in [0.05, 0.1) is 5.69 Å². The number of halogens is 1. The first-order valence-electron chi connectivity index (χ1n) is 11.5. The first-order chi connectivity index (χ1) is 16.1. The Labute approximate surface area is 193 Å². The van der Waals surface area contributed by atoms with Crippen LogP contribution in [-0.2, 0) is 11.2 Å². The number of aryl methyl sites for hydroxylation is 2. The largest absolute Gasteiger partial charge is 0.367 e. The maximum atomic E-state index is 14.0. The topological polar surface area (TPSA) is 74.5 Å². The van der Waals surface area contributed by atoms with Crippen LogP contribution < -0.4 is 10.2 Å². The van der Waals surface area contributed by atoms with Gasteiger partial charge in [0.1, 0.15) is 5.82 Å². The van der Waals surface area contributed by atoms with Crippen molar-refractivity contribution in [2.24, 2.45) is 0 Å². The Morgan fingerprint density at radius 1 is 1.09 bits per heavy atom. The lowest BCUT2D eigenvalue weighted by molar-refractivity contribution is -0.121. The van der Waals surface area contributed by atoms with Gasteiger partial charge in [0.15, 0.2) is 0 Å². The number of rotatable bonds is 9. The smallest absolute Gasteiger partial charge is 0.227 e. The van der Waals surface area contributed by atoms with Crippen LogP contribution in [-0.4, -0.2) is 60.2 Å². The van der Waals surface area contributed by atoms with E-state index in [1.54, 1.807) is 6.07 Å². The monoisotopic (exact) mass is 451 g/mol. The maximum absolute atomic E-state index is 14.0. The molecule has 1 amide bonds. The summed E-state index contributed by atoms with van der Waals surface area (Å²) in [5.41, 5.74) is 2.75. The molecule has 0 saturated carbocycles. The zero-order chi connectivity index (χ0) is 23.0. The van der Waals surface area contributed by atoms with Gasteiger partial charge in [-0.05, 0) is 32.0 Å². The highest BCUT2D eigenvalue weighted by Gasteiger charge is 2.19. The van der Waals surface area contributed by atoms with Crippen LogP contribution in [0.2, 0.25) is 0 Å². The molecule has 0 unspecified atom stereocenters. The molecule has 1 aromatic heterocycles. The SMILES string of the molecule is Cc1ccc(-c2noc(CCC(=O)NCCCN3CCN(c4ccccc4F)CC3)n2)cc1. The summed E-state index contributed by atoms with van der Waals surface area (Å²) in [7, 11) is 0. The number of nitrogens with one attached hydrogen (secondary N) is 1. The number of para-hydroxylation sites is 1. The molecule has 2 aromatic carbocycles. The van der Waals surface area contributed by atoms with E-state index in [1.807, 2.05) is 43.3 Å². The first kappa shape index (κ1) is 22.9. The van der Waals surface area contributed by atoms with Gasteiger partial charge in [-0.3, -0.25) is 9.69 Å². The molecule has 8 heteroatoms. The Kier molecular flexibility index (Phi) is 7.67. The van der Waals surface area contributed by atoms with Crippen LogP contribution in [0.4, 0.5) is 10.1 Å². The normalized spacial score (nSPS) is 14.4. The Balaban J connectivity index is 1.11. The van der Waals surface area contributed by atoms with E-state index in [2.05, 4.69) is 25.3 Å². The van der Waals surface area contributed by atoms with Crippen molar-refractivity contribution in [3.8, 4) is 11.4 Å². The number of nitrogens with zero attached hydrogens (tertiary/aromatic N) is 4. The molecule has 0 aliphatic carbocycles. The Hall–Kier alpha value is -3.26. The molecule has 1 N–H and O–H groups in total. The van der Waals surface area contributed by atoms with Crippen molar-refractivity contribution in [3.63, 3.8) is 0 Å². The van der Waals surface area contributed by atoms with E-state index < -0.39 is 0 Å². The Bertz CT molecular complexity index is 1040. The van der Waals surface area contributed by atoms with E-state index >= 15 is 0 Å². The van der Waals surface area contributed by atoms with Gasteiger partial charge >= 0.3 is 0 Å². The number of carbonyl (C=O) groups is 1. The number of benzene rings is 2. The molecule has 1 aliphatic heterocycles. The average Bonchev–Trinajstić information content (AvgIpc) is 3.31. The molecular weight excluding hydrogens is 421 g/mol. The van der Waals surface area contributed by atoms with Crippen LogP contribution in [0.25, 0.3) is 11.4 Å². The van der Waals surface area contributed by atoms with Crippen molar-refractivity contribution in [2.75, 3.05) is 44.2 Å². The van der Waals surface area contributed by atoms with Gasteiger partial charge in [-0.25, -0.2) is 4.39 Å². The summed E-state index contributed by atoms with van der Waals surface area (Å²) in [6.07, 6.45) is 1.61. The summed E-state index contributed by atoms with van der Waals surface area (Å²) in [4.78, 5) is 21.0. The summed E-state index contributed by atoms with van der Waals surface area (Å²) < 4.78 is 19.2. The summed E-state index contributed by atoms with van der Waals surface area (Å²) in [6, 6.07) is 14.8. The van der Waals surface area contributed by atoms with Crippen LogP contribution in [0.15, 0.2) is 53.1 Å². The standard InChI is InChI=1S/C25H30FN5O2/c1-19-7-9-20(10-8-19)25-28-24(33-29-25)12-11-23(32)27-13-4-14-30-15-17-31(18-16-30)22-6-3-2-5-21(22)26/h2-3,5-10H,4,11-18H2,1H3,(H,27,32). The second-order valence-corrected chi connectivity index (χ2v) is 8.36. The van der Waals surface area contributed by atoms with Gasteiger partial charge in [-0.2, -0.15) is 4.98 Å². The van der Waals surface area contributed by atoms with Crippen molar-refractivity contribution in [2.45, 2.75) is 26.2 Å². The zero-order valence-corrected chi connectivity index (χ0v) is 19.0. The third-order valence-corrected chi connectivity index (χ3v) is 5.88. The molecule has 1 saturated heterocycles. The second-order valence-electron chi connectivity index (χ2n) is 8.36. The summed E-state index contributed by atoms with van der Waals surface area (Å²) in [5.74, 6) is 0.823. The predicted molar refractivity (Wildman–Crippen MR) is 125 cm³/mol. The van der Waals surface area contributed by atoms with E-state index in [4.69, 9.17) is 4.52 Å². The number of amides is 1. The van der Waals surface area contributed by atoms with Crippen molar-refractivity contribution >= 4 is 11.6 Å². The lowest BCUT2D eigenvalue weighted by Gasteiger charge is -2.36. The number of anilines is 1. The molecule has 7 nitrogen and oxygen atoms in total. The van der Waals surface area contributed by atoms with Gasteiger partial charge in [0.2, 0.25) is 17.6 Å². The fourth-order valence-corrected chi connectivity index (χ4v) is 3.94. The highest BCUT2D eigenvalue weighted by atomic mass is 19.1. The van der Waals surface area contributed by atoms with Crippen molar-refractivity contribution in [1.82, 2.24) is 20.4 Å². The van der Waals surface area contributed by atoms with Gasteiger partial charge in [0.25, 0.3) is 0 Å². The van der Waals surface area contributed by atoms with Crippen LogP contribution in [0.3, 0.4) is 0 Å². The molecule has 3 aromatic rings. The number of aromatic nitrogens is 2. The number of hydrogen-bond acceptors (Lipinski definition) is 6. The molecule has 2 heterocycles. The van der Waals surface area contributed by atoms with Crippen molar-refractivity contribution < 1.29 is 13.7 Å². The minimum atomic E-state index is -0.166.